The number of carbonyl (C=O) groups excluding carboxylic acids is 2. The lowest BCUT2D eigenvalue weighted by Gasteiger charge is -2.13. The number of ether oxygens (including phenoxy) is 1. The Morgan fingerprint density at radius 1 is 1.04 bits per heavy atom. The molecule has 1 aromatic carbocycles. The molecule has 0 saturated heterocycles. The van der Waals surface area contributed by atoms with Crippen LogP contribution in [0.3, 0.4) is 0 Å². The maximum atomic E-state index is 12.1. The van der Waals surface area contributed by atoms with Crippen molar-refractivity contribution in [1.29, 1.82) is 0 Å². The quantitative estimate of drug-likeness (QED) is 0.341. The third-order valence-corrected chi connectivity index (χ3v) is 4.26. The number of unbranched alkanes of at least 4 members (excludes halogenated alkanes) is 7. The summed E-state index contributed by atoms with van der Waals surface area (Å²) in [7, 11) is 0. The molecular formula is C22H31NO3. The summed E-state index contributed by atoms with van der Waals surface area (Å²) in [6.45, 7) is 4.25. The Kier molecular flexibility index (Phi) is 10.9. The molecule has 1 N–H and O–H groups in total. The van der Waals surface area contributed by atoms with Crippen molar-refractivity contribution in [3.8, 4) is 12.3 Å². The highest BCUT2D eigenvalue weighted by atomic mass is 16.5. The maximum absolute atomic E-state index is 12.1. The van der Waals surface area contributed by atoms with Crippen LogP contribution in [-0.2, 0) is 9.53 Å². The molecule has 4 nitrogen and oxygen atoms in total. The summed E-state index contributed by atoms with van der Waals surface area (Å²) in [5.74, 6) is 1.78. The predicted octanol–water partition coefficient (Wildman–Crippen LogP) is 4.47. The molecule has 1 aromatic rings. The Morgan fingerprint density at radius 3 is 2.19 bits per heavy atom. The monoisotopic (exact) mass is 357 g/mol. The van der Waals surface area contributed by atoms with E-state index >= 15 is 0 Å². The predicted molar refractivity (Wildman–Crippen MR) is 105 cm³/mol. The zero-order valence-corrected chi connectivity index (χ0v) is 16.1. The van der Waals surface area contributed by atoms with Gasteiger partial charge < -0.3 is 10.1 Å². The summed E-state index contributed by atoms with van der Waals surface area (Å²) >= 11 is 0. The van der Waals surface area contributed by atoms with Gasteiger partial charge in [0.25, 0.3) is 5.91 Å². The van der Waals surface area contributed by atoms with Crippen LogP contribution in [0.4, 0.5) is 0 Å². The molecule has 142 valence electrons. The Balaban J connectivity index is 2.18. The van der Waals surface area contributed by atoms with E-state index in [2.05, 4.69) is 18.2 Å². The molecule has 0 saturated carbocycles. The van der Waals surface area contributed by atoms with Gasteiger partial charge in [0.05, 0.1) is 6.61 Å². The van der Waals surface area contributed by atoms with Crippen LogP contribution in [0.5, 0.6) is 0 Å². The number of terminal acetylenes is 1. The number of hydrogen-bond acceptors (Lipinski definition) is 3. The minimum Gasteiger partial charge on any atom is -0.464 e. The highest BCUT2D eigenvalue weighted by molar-refractivity contribution is 5.96. The fraction of sp³-hybridized carbons (Fsp3) is 0.545. The first-order chi connectivity index (χ1) is 12.6. The zero-order valence-electron chi connectivity index (χ0n) is 16.1. The van der Waals surface area contributed by atoms with Crippen LogP contribution in [0.15, 0.2) is 24.3 Å². The van der Waals surface area contributed by atoms with E-state index < -0.39 is 12.0 Å². The highest BCUT2D eigenvalue weighted by Crippen LogP contribution is 2.08. The largest absolute Gasteiger partial charge is 0.464 e. The standard InChI is InChI=1S/C22H31NO3/c1-4-6-7-8-9-10-11-12-17-26-22(25)18(3)23-21(24)20-15-13-19(5-2)14-16-20/h2,13-16,18H,4,6-12,17H2,1,3H3,(H,23,24). The summed E-state index contributed by atoms with van der Waals surface area (Å²) in [5.41, 5.74) is 1.17. The van der Waals surface area contributed by atoms with Crippen molar-refractivity contribution in [3.05, 3.63) is 35.4 Å². The van der Waals surface area contributed by atoms with Crippen LogP contribution in [0.1, 0.15) is 81.1 Å². The molecule has 26 heavy (non-hydrogen) atoms. The summed E-state index contributed by atoms with van der Waals surface area (Å²) in [6, 6.07) is 6.00. The lowest BCUT2D eigenvalue weighted by Crippen LogP contribution is -2.39. The molecule has 1 atom stereocenters. The van der Waals surface area contributed by atoms with E-state index in [0.717, 1.165) is 12.8 Å². The van der Waals surface area contributed by atoms with E-state index in [0.29, 0.717) is 17.7 Å². The molecule has 1 rings (SSSR count). The van der Waals surface area contributed by atoms with Gasteiger partial charge in [0.15, 0.2) is 0 Å². The fourth-order valence-corrected chi connectivity index (χ4v) is 2.59. The molecule has 0 radical (unpaired) electrons. The third kappa shape index (κ3) is 8.71. The van der Waals surface area contributed by atoms with Crippen molar-refractivity contribution in [2.75, 3.05) is 6.61 Å². The SMILES string of the molecule is C#Cc1ccc(C(=O)NC(C)C(=O)OCCCCCCCCCC)cc1. The van der Waals surface area contributed by atoms with Crippen LogP contribution in [0, 0.1) is 12.3 Å². The second kappa shape index (κ2) is 13.0. The number of esters is 1. The van der Waals surface area contributed by atoms with Gasteiger partial charge in [0.1, 0.15) is 6.04 Å². The molecular weight excluding hydrogens is 326 g/mol. The zero-order chi connectivity index (χ0) is 19.2. The third-order valence-electron chi connectivity index (χ3n) is 4.26. The Hall–Kier alpha value is -2.28. The molecule has 0 heterocycles. The van der Waals surface area contributed by atoms with Gasteiger partial charge in [0, 0.05) is 11.1 Å². The van der Waals surface area contributed by atoms with Crippen molar-refractivity contribution in [2.45, 2.75) is 71.3 Å². The Labute approximate surface area is 157 Å². The first kappa shape index (κ1) is 21.8. The molecule has 0 aliphatic rings. The van der Waals surface area contributed by atoms with Crippen molar-refractivity contribution >= 4 is 11.9 Å². The number of rotatable bonds is 12. The van der Waals surface area contributed by atoms with Crippen LogP contribution < -0.4 is 5.32 Å². The van der Waals surface area contributed by atoms with Crippen LogP contribution >= 0.6 is 0 Å². The smallest absolute Gasteiger partial charge is 0.328 e. The first-order valence-electron chi connectivity index (χ1n) is 9.62. The molecule has 0 fully saturated rings. The lowest BCUT2D eigenvalue weighted by atomic mass is 10.1. The van der Waals surface area contributed by atoms with Crippen LogP contribution in [0.25, 0.3) is 0 Å². The summed E-state index contributed by atoms with van der Waals surface area (Å²) in [6.07, 6.45) is 14.8. The van der Waals surface area contributed by atoms with Crippen LogP contribution in [-0.4, -0.2) is 24.5 Å². The molecule has 1 unspecified atom stereocenters. The van der Waals surface area contributed by atoms with E-state index in [4.69, 9.17) is 11.2 Å². The molecule has 1 amide bonds. The normalized spacial score (nSPS) is 11.4. The van der Waals surface area contributed by atoms with Gasteiger partial charge in [-0.05, 0) is 37.6 Å². The minimum absolute atomic E-state index is 0.315. The van der Waals surface area contributed by atoms with Gasteiger partial charge >= 0.3 is 5.97 Å². The molecule has 0 aliphatic heterocycles. The molecule has 4 heteroatoms. The van der Waals surface area contributed by atoms with Crippen molar-refractivity contribution in [2.24, 2.45) is 0 Å². The van der Waals surface area contributed by atoms with Gasteiger partial charge in [-0.1, -0.05) is 57.8 Å². The number of carbonyl (C=O) groups is 2. The van der Waals surface area contributed by atoms with Gasteiger partial charge in [-0.15, -0.1) is 6.42 Å². The molecule has 0 spiro atoms. The maximum Gasteiger partial charge on any atom is 0.328 e. The Bertz CT molecular complexity index is 586. The van der Waals surface area contributed by atoms with E-state index in [-0.39, 0.29) is 5.91 Å². The number of hydrogen-bond donors (Lipinski definition) is 1. The number of nitrogens with one attached hydrogen (secondary N) is 1. The van der Waals surface area contributed by atoms with Crippen LogP contribution in [0.2, 0.25) is 0 Å². The van der Waals surface area contributed by atoms with Gasteiger partial charge in [-0.2, -0.15) is 0 Å². The molecule has 0 bridgehead atoms. The molecule has 0 aliphatic carbocycles. The van der Waals surface area contributed by atoms with Gasteiger partial charge in [-0.3, -0.25) is 4.79 Å². The summed E-state index contributed by atoms with van der Waals surface area (Å²) < 4.78 is 5.24. The van der Waals surface area contributed by atoms with Crippen molar-refractivity contribution in [3.63, 3.8) is 0 Å². The van der Waals surface area contributed by atoms with E-state index in [1.807, 2.05) is 0 Å². The first-order valence-corrected chi connectivity index (χ1v) is 9.62. The molecule has 0 aromatic heterocycles. The fourth-order valence-electron chi connectivity index (χ4n) is 2.59. The van der Waals surface area contributed by atoms with Gasteiger partial charge in [0.2, 0.25) is 0 Å². The van der Waals surface area contributed by atoms with Crippen molar-refractivity contribution in [1.82, 2.24) is 5.32 Å². The lowest BCUT2D eigenvalue weighted by molar-refractivity contribution is -0.145. The number of benzene rings is 1. The minimum atomic E-state index is -0.677. The van der Waals surface area contributed by atoms with E-state index in [9.17, 15) is 9.59 Å². The average Bonchev–Trinajstić information content (AvgIpc) is 2.66. The number of amides is 1. The summed E-state index contributed by atoms with van der Waals surface area (Å²) in [4.78, 5) is 24.1. The van der Waals surface area contributed by atoms with Crippen molar-refractivity contribution < 1.29 is 14.3 Å². The highest BCUT2D eigenvalue weighted by Gasteiger charge is 2.17. The van der Waals surface area contributed by atoms with E-state index in [1.54, 1.807) is 31.2 Å². The van der Waals surface area contributed by atoms with E-state index in [1.165, 1.54) is 38.5 Å². The average molecular weight is 357 g/mol. The summed E-state index contributed by atoms with van der Waals surface area (Å²) in [5, 5.41) is 2.65. The second-order valence-corrected chi connectivity index (χ2v) is 6.56. The second-order valence-electron chi connectivity index (χ2n) is 6.56. The van der Waals surface area contributed by atoms with Gasteiger partial charge in [-0.25, -0.2) is 4.79 Å². The Morgan fingerprint density at radius 2 is 1.62 bits per heavy atom. The topological polar surface area (TPSA) is 55.4 Å².